The maximum absolute atomic E-state index is 5.51. The fourth-order valence-corrected chi connectivity index (χ4v) is 0.687. The average molecular weight is 144 g/mol. The molecule has 9 heavy (non-hydrogen) atoms. The van der Waals surface area contributed by atoms with Crippen molar-refractivity contribution in [2.45, 2.75) is 5.88 Å². The molecule has 1 heterocycles. The highest BCUT2D eigenvalue weighted by atomic mass is 35.5. The average Bonchev–Trinajstić information content (AvgIpc) is 1.90. The van der Waals surface area contributed by atoms with Crippen molar-refractivity contribution < 1.29 is 4.57 Å². The minimum atomic E-state index is 0.487. The Bertz CT molecular complexity index is 183. The van der Waals surface area contributed by atoms with Gasteiger partial charge in [-0.15, -0.1) is 11.6 Å². The summed E-state index contributed by atoms with van der Waals surface area (Å²) in [5, 5.41) is 0. The zero-order chi connectivity index (χ0) is 6.69. The molecule has 0 saturated carbocycles. The number of alkyl halides is 1. The third kappa shape index (κ3) is 1.64. The number of aryl methyl sites for hydroxylation is 1. The van der Waals surface area contributed by atoms with Crippen LogP contribution >= 0.6 is 11.6 Å². The summed E-state index contributed by atoms with van der Waals surface area (Å²) in [5.74, 6) is 0.487. The Morgan fingerprint density at radius 1 is 1.78 bits per heavy atom. The highest BCUT2D eigenvalue weighted by Gasteiger charge is 1.96. The van der Waals surface area contributed by atoms with E-state index in [2.05, 4.69) is 4.98 Å². The van der Waals surface area contributed by atoms with E-state index in [-0.39, 0.29) is 0 Å². The lowest BCUT2D eigenvalue weighted by Crippen LogP contribution is -2.27. The van der Waals surface area contributed by atoms with Gasteiger partial charge in [-0.3, -0.25) is 0 Å². The van der Waals surface area contributed by atoms with Crippen LogP contribution in [0, 0.1) is 0 Å². The lowest BCUT2D eigenvalue weighted by atomic mass is 10.5. The predicted octanol–water partition coefficient (Wildman–Crippen LogP) is 0.645. The fourth-order valence-electron chi connectivity index (χ4n) is 0.529. The number of halogens is 1. The normalized spacial score (nSPS) is 9.56. The number of rotatable bonds is 1. The highest BCUT2D eigenvalue weighted by molar-refractivity contribution is 6.16. The molecule has 0 fully saturated rings. The van der Waals surface area contributed by atoms with Crippen LogP contribution in [0.2, 0.25) is 0 Å². The van der Waals surface area contributed by atoms with Crippen LogP contribution in [0.3, 0.4) is 0 Å². The zero-order valence-corrected chi connectivity index (χ0v) is 5.97. The van der Waals surface area contributed by atoms with Crippen LogP contribution in [0.1, 0.15) is 5.69 Å². The first kappa shape index (κ1) is 6.49. The van der Waals surface area contributed by atoms with Crippen molar-refractivity contribution in [2.75, 3.05) is 0 Å². The summed E-state index contributed by atoms with van der Waals surface area (Å²) in [6.07, 6.45) is 3.66. The van der Waals surface area contributed by atoms with Crippen molar-refractivity contribution >= 4 is 11.6 Å². The second kappa shape index (κ2) is 2.78. The van der Waals surface area contributed by atoms with Crippen LogP contribution in [-0.4, -0.2) is 4.98 Å². The molecule has 0 aliphatic rings. The van der Waals surface area contributed by atoms with Gasteiger partial charge in [0.25, 0.3) is 6.33 Å². The molecule has 0 aromatic carbocycles. The van der Waals surface area contributed by atoms with Gasteiger partial charge in [-0.1, -0.05) is 4.98 Å². The lowest BCUT2D eigenvalue weighted by molar-refractivity contribution is -0.674. The van der Waals surface area contributed by atoms with E-state index in [1.807, 2.05) is 23.9 Å². The molecule has 0 unspecified atom stereocenters. The topological polar surface area (TPSA) is 16.8 Å². The molecule has 0 atom stereocenters. The van der Waals surface area contributed by atoms with Crippen molar-refractivity contribution in [2.24, 2.45) is 7.05 Å². The first-order valence-electron chi connectivity index (χ1n) is 2.69. The number of hydrogen-bond acceptors (Lipinski definition) is 1. The van der Waals surface area contributed by atoms with E-state index in [0.717, 1.165) is 5.69 Å². The standard InChI is InChI=1S/C6H8ClN2/c1-9-3-2-6(4-7)8-5-9/h2-3,5H,4H2,1H3/q+1. The van der Waals surface area contributed by atoms with Gasteiger partial charge in [0, 0.05) is 6.07 Å². The molecule has 0 aliphatic carbocycles. The largest absolute Gasteiger partial charge is 0.286 e. The molecule has 0 amide bonds. The van der Waals surface area contributed by atoms with Gasteiger partial charge in [0.05, 0.1) is 19.1 Å². The summed E-state index contributed by atoms with van der Waals surface area (Å²) in [4.78, 5) is 4.03. The van der Waals surface area contributed by atoms with Gasteiger partial charge in [0.1, 0.15) is 0 Å². The molecular weight excluding hydrogens is 136 g/mol. The van der Waals surface area contributed by atoms with Crippen molar-refractivity contribution in [3.63, 3.8) is 0 Å². The molecule has 0 N–H and O–H groups in total. The van der Waals surface area contributed by atoms with Crippen molar-refractivity contribution in [1.82, 2.24) is 4.98 Å². The molecule has 1 aromatic rings. The molecule has 0 aliphatic heterocycles. The molecule has 1 rings (SSSR count). The minimum absolute atomic E-state index is 0.487. The zero-order valence-electron chi connectivity index (χ0n) is 5.21. The van der Waals surface area contributed by atoms with E-state index in [1.54, 1.807) is 6.33 Å². The van der Waals surface area contributed by atoms with Crippen molar-refractivity contribution in [1.29, 1.82) is 0 Å². The van der Waals surface area contributed by atoms with E-state index in [1.165, 1.54) is 0 Å². The fraction of sp³-hybridized carbons (Fsp3) is 0.333. The van der Waals surface area contributed by atoms with Gasteiger partial charge in [0.15, 0.2) is 5.69 Å². The van der Waals surface area contributed by atoms with Crippen LogP contribution in [0.15, 0.2) is 18.6 Å². The van der Waals surface area contributed by atoms with E-state index in [0.29, 0.717) is 5.88 Å². The predicted molar refractivity (Wildman–Crippen MR) is 35.0 cm³/mol. The second-order valence-corrected chi connectivity index (χ2v) is 2.12. The molecule has 48 valence electrons. The Labute approximate surface area is 59.1 Å². The molecule has 1 aromatic heterocycles. The van der Waals surface area contributed by atoms with Crippen LogP contribution < -0.4 is 4.57 Å². The monoisotopic (exact) mass is 143 g/mol. The smallest absolute Gasteiger partial charge is 0.240 e. The molecule has 2 nitrogen and oxygen atoms in total. The van der Waals surface area contributed by atoms with Crippen molar-refractivity contribution in [3.05, 3.63) is 24.3 Å². The quantitative estimate of drug-likeness (QED) is 0.417. The van der Waals surface area contributed by atoms with E-state index in [4.69, 9.17) is 11.6 Å². The van der Waals surface area contributed by atoms with Gasteiger partial charge in [0.2, 0.25) is 0 Å². The third-order valence-electron chi connectivity index (χ3n) is 1.04. The minimum Gasteiger partial charge on any atom is -0.240 e. The lowest BCUT2D eigenvalue weighted by Gasteiger charge is -1.85. The van der Waals surface area contributed by atoms with Crippen LogP contribution in [-0.2, 0) is 12.9 Å². The van der Waals surface area contributed by atoms with Gasteiger partial charge >= 0.3 is 0 Å². The molecule has 0 saturated heterocycles. The van der Waals surface area contributed by atoms with E-state index >= 15 is 0 Å². The molecule has 3 heteroatoms. The Hall–Kier alpha value is -0.630. The summed E-state index contributed by atoms with van der Waals surface area (Å²) in [6, 6.07) is 1.90. The van der Waals surface area contributed by atoms with Crippen molar-refractivity contribution in [3.8, 4) is 0 Å². The SMILES string of the molecule is C[n+]1ccc(CCl)nc1. The van der Waals surface area contributed by atoms with E-state index in [9.17, 15) is 0 Å². The van der Waals surface area contributed by atoms with Gasteiger partial charge < -0.3 is 0 Å². The molecule has 0 bridgehead atoms. The molecule has 0 radical (unpaired) electrons. The summed E-state index contributed by atoms with van der Waals surface area (Å²) >= 11 is 5.51. The van der Waals surface area contributed by atoms with Crippen LogP contribution in [0.25, 0.3) is 0 Å². The summed E-state index contributed by atoms with van der Waals surface area (Å²) in [5.41, 5.74) is 0.912. The first-order valence-corrected chi connectivity index (χ1v) is 3.22. The Morgan fingerprint density at radius 2 is 2.56 bits per heavy atom. The number of hydrogen-bond donors (Lipinski definition) is 0. The summed E-state index contributed by atoms with van der Waals surface area (Å²) < 4.78 is 1.87. The molecular formula is C6H8ClN2+. The summed E-state index contributed by atoms with van der Waals surface area (Å²) in [6.45, 7) is 0. The highest BCUT2D eigenvalue weighted by Crippen LogP contribution is 1.93. The third-order valence-corrected chi connectivity index (χ3v) is 1.32. The molecule has 0 spiro atoms. The Balaban J connectivity index is 2.88. The van der Waals surface area contributed by atoms with Crippen LogP contribution in [0.5, 0.6) is 0 Å². The van der Waals surface area contributed by atoms with E-state index < -0.39 is 0 Å². The van der Waals surface area contributed by atoms with Gasteiger partial charge in [-0.2, -0.15) is 0 Å². The Morgan fingerprint density at radius 3 is 3.00 bits per heavy atom. The van der Waals surface area contributed by atoms with Gasteiger partial charge in [-0.25, -0.2) is 4.57 Å². The first-order chi connectivity index (χ1) is 4.33. The Kier molecular flexibility index (Phi) is 2.01. The second-order valence-electron chi connectivity index (χ2n) is 1.85. The van der Waals surface area contributed by atoms with Gasteiger partial charge in [-0.05, 0) is 0 Å². The number of nitrogens with zero attached hydrogens (tertiary/aromatic N) is 2. The maximum Gasteiger partial charge on any atom is 0.286 e. The maximum atomic E-state index is 5.51. The van der Waals surface area contributed by atoms with Crippen LogP contribution in [0.4, 0.5) is 0 Å². The number of aromatic nitrogens is 2. The summed E-state index contributed by atoms with van der Waals surface area (Å²) in [7, 11) is 1.92.